The van der Waals surface area contributed by atoms with E-state index in [2.05, 4.69) is 38.3 Å². The molecule has 0 aliphatic heterocycles. The average molecular weight is 375 g/mol. The molecular weight excluding hydrogens is 332 g/mol. The van der Waals surface area contributed by atoms with Crippen LogP contribution in [0.15, 0.2) is 0 Å². The summed E-state index contributed by atoms with van der Waals surface area (Å²) in [6.07, 6.45) is 8.68. The van der Waals surface area contributed by atoms with Crippen molar-refractivity contribution in [1.29, 1.82) is 0 Å². The Bertz CT molecular complexity index is 373. The molecule has 144 valence electrons. The summed E-state index contributed by atoms with van der Waals surface area (Å²) >= 11 is 0. The Morgan fingerprint density at radius 2 is 1.71 bits per heavy atom. The second-order valence-electron chi connectivity index (χ2n) is 9.23. The van der Waals surface area contributed by atoms with Crippen molar-refractivity contribution in [3.8, 4) is 0 Å². The van der Waals surface area contributed by atoms with Crippen LogP contribution in [0.1, 0.15) is 66.2 Å². The van der Waals surface area contributed by atoms with Crippen molar-refractivity contribution in [1.82, 2.24) is 10.6 Å². The summed E-state index contributed by atoms with van der Waals surface area (Å²) in [5.41, 5.74) is 0.635. The minimum Gasteiger partial charge on any atom is -0.315 e. The van der Waals surface area contributed by atoms with Crippen LogP contribution in [0.25, 0.3) is 0 Å². The zero-order chi connectivity index (χ0) is 15.7. The molecule has 2 nitrogen and oxygen atoms in total. The summed E-state index contributed by atoms with van der Waals surface area (Å²) in [6.45, 7) is 13.4. The Morgan fingerprint density at radius 1 is 0.958 bits per heavy atom. The number of fused-ring (bicyclic) bond motifs is 2. The van der Waals surface area contributed by atoms with Crippen LogP contribution in [-0.2, 0) is 0 Å². The lowest BCUT2D eigenvalue weighted by molar-refractivity contribution is -0.103. The van der Waals surface area contributed by atoms with Gasteiger partial charge in [0.25, 0.3) is 0 Å². The van der Waals surface area contributed by atoms with E-state index < -0.39 is 0 Å². The monoisotopic (exact) mass is 374 g/mol. The lowest BCUT2D eigenvalue weighted by Crippen LogP contribution is -2.54. The first-order chi connectivity index (χ1) is 10.5. The van der Waals surface area contributed by atoms with Crippen LogP contribution < -0.4 is 10.6 Å². The van der Waals surface area contributed by atoms with E-state index in [9.17, 15) is 0 Å². The van der Waals surface area contributed by atoms with Crippen LogP contribution >= 0.6 is 27.0 Å². The van der Waals surface area contributed by atoms with Crippen molar-refractivity contribution in [2.24, 2.45) is 35.0 Å². The summed E-state index contributed by atoms with van der Waals surface area (Å²) in [5, 5.41) is 7.57. The van der Waals surface area contributed by atoms with Crippen LogP contribution in [-0.4, -0.2) is 25.7 Å². The van der Waals surface area contributed by atoms with Gasteiger partial charge in [0.15, 0.2) is 0 Å². The zero-order valence-electron chi connectivity index (χ0n) is 16.3. The maximum atomic E-state index is 3.81. The maximum Gasteiger partial charge on any atom is 0.00957 e. The van der Waals surface area contributed by atoms with E-state index in [4.69, 9.17) is 0 Å². The van der Waals surface area contributed by atoms with Gasteiger partial charge in [0.2, 0.25) is 0 Å². The molecule has 4 heteroatoms. The van der Waals surface area contributed by atoms with E-state index in [0.29, 0.717) is 5.41 Å². The van der Waals surface area contributed by atoms with Gasteiger partial charge in [-0.1, -0.05) is 40.5 Å². The summed E-state index contributed by atoms with van der Waals surface area (Å²) in [7, 11) is 0. The molecule has 0 heterocycles. The van der Waals surface area contributed by atoms with Gasteiger partial charge in [-0.15, -0.1) is 0 Å². The molecule has 2 bridgehead atoms. The van der Waals surface area contributed by atoms with Crippen LogP contribution in [0.4, 0.5) is 0 Å². The maximum absolute atomic E-state index is 3.81. The predicted octanol–water partition coefficient (Wildman–Crippen LogP) is 4.29. The highest BCUT2D eigenvalue weighted by molar-refractivity contribution is 7.59. The van der Waals surface area contributed by atoms with Gasteiger partial charge >= 0.3 is 0 Å². The van der Waals surface area contributed by atoms with Crippen molar-refractivity contribution in [2.75, 3.05) is 19.6 Å². The molecule has 4 rings (SSSR count). The summed E-state index contributed by atoms with van der Waals surface area (Å²) in [5.74, 6) is 4.71. The molecule has 4 fully saturated rings. The molecule has 24 heavy (non-hydrogen) atoms. The van der Waals surface area contributed by atoms with Gasteiger partial charge in [-0.05, 0) is 67.2 Å². The Morgan fingerprint density at radius 3 is 2.38 bits per heavy atom. The van der Waals surface area contributed by atoms with E-state index in [0.717, 1.165) is 48.7 Å². The molecule has 0 aromatic heterocycles. The Balaban J connectivity index is 0.00000144. The molecule has 6 atom stereocenters. The molecule has 0 amide bonds. The van der Waals surface area contributed by atoms with Gasteiger partial charge < -0.3 is 10.6 Å². The third-order valence-electron chi connectivity index (χ3n) is 7.82. The van der Waals surface area contributed by atoms with Gasteiger partial charge in [-0.3, -0.25) is 0 Å². The normalized spacial score (nSPS) is 40.0. The molecule has 4 aliphatic carbocycles. The minimum atomic E-state index is 0. The summed E-state index contributed by atoms with van der Waals surface area (Å²) in [6, 6.07) is 0.756. The van der Waals surface area contributed by atoms with Crippen molar-refractivity contribution in [2.45, 2.75) is 72.3 Å². The second-order valence-corrected chi connectivity index (χ2v) is 9.23. The van der Waals surface area contributed by atoms with Gasteiger partial charge in [-0.2, -0.15) is 27.0 Å². The van der Waals surface area contributed by atoms with E-state index in [1.54, 1.807) is 0 Å². The number of nitrogens with one attached hydrogen (secondary N) is 2. The van der Waals surface area contributed by atoms with Gasteiger partial charge in [0.1, 0.15) is 0 Å². The average Bonchev–Trinajstić information content (AvgIpc) is 2.51. The largest absolute Gasteiger partial charge is 0.315 e. The highest BCUT2D eigenvalue weighted by Crippen LogP contribution is 2.61. The summed E-state index contributed by atoms with van der Waals surface area (Å²) in [4.78, 5) is 0. The quantitative estimate of drug-likeness (QED) is 0.678. The standard InChI is InChI=1S/C20H38N2.2H2S/c1-14-6-5-7-19(15(14)2)22-11-10-21-13-16-8-9-17-12-18(16)20(17,3)4;;/h14-19,21-22H,5-13H2,1-4H3;2*1H2/t14?,15?,16?,17?,18-,19?;;/m0../s1. The molecule has 0 aromatic carbocycles. The Hall–Kier alpha value is 0.620. The lowest BCUT2D eigenvalue weighted by Gasteiger charge is -2.60. The van der Waals surface area contributed by atoms with Crippen molar-refractivity contribution in [3.05, 3.63) is 0 Å². The first-order valence-corrected chi connectivity index (χ1v) is 9.94. The predicted molar refractivity (Wildman–Crippen MR) is 116 cm³/mol. The van der Waals surface area contributed by atoms with Gasteiger partial charge in [0.05, 0.1) is 0 Å². The van der Waals surface area contributed by atoms with Crippen LogP contribution in [0.3, 0.4) is 0 Å². The topological polar surface area (TPSA) is 24.1 Å². The molecule has 0 aromatic rings. The number of hydrogen-bond acceptors (Lipinski definition) is 2. The lowest BCUT2D eigenvalue weighted by atomic mass is 9.45. The second kappa shape index (κ2) is 9.53. The third-order valence-corrected chi connectivity index (χ3v) is 7.82. The minimum absolute atomic E-state index is 0. The van der Waals surface area contributed by atoms with Crippen LogP contribution in [0.5, 0.6) is 0 Å². The fourth-order valence-electron chi connectivity index (χ4n) is 5.71. The fraction of sp³-hybridized carbons (Fsp3) is 1.00. The molecule has 5 unspecified atom stereocenters. The first kappa shape index (κ1) is 22.7. The van der Waals surface area contributed by atoms with Crippen molar-refractivity contribution < 1.29 is 0 Å². The molecule has 4 aliphatic rings. The number of rotatable bonds is 6. The summed E-state index contributed by atoms with van der Waals surface area (Å²) < 4.78 is 0. The van der Waals surface area contributed by atoms with E-state index in [1.807, 2.05) is 0 Å². The van der Waals surface area contributed by atoms with Gasteiger partial charge in [-0.25, -0.2) is 0 Å². The van der Waals surface area contributed by atoms with E-state index >= 15 is 0 Å². The Labute approximate surface area is 164 Å². The smallest absolute Gasteiger partial charge is 0.00957 e. The van der Waals surface area contributed by atoms with Crippen LogP contribution in [0, 0.1) is 35.0 Å². The number of hydrogen-bond donors (Lipinski definition) is 2. The van der Waals surface area contributed by atoms with E-state index in [1.165, 1.54) is 45.1 Å². The van der Waals surface area contributed by atoms with Gasteiger partial charge in [0, 0.05) is 19.1 Å². The van der Waals surface area contributed by atoms with Crippen molar-refractivity contribution in [3.63, 3.8) is 0 Å². The van der Waals surface area contributed by atoms with E-state index in [-0.39, 0.29) is 27.0 Å². The molecular formula is C20H42N2S2. The van der Waals surface area contributed by atoms with Crippen LogP contribution in [0.2, 0.25) is 0 Å². The zero-order valence-corrected chi connectivity index (χ0v) is 18.3. The molecule has 0 saturated heterocycles. The third kappa shape index (κ3) is 4.66. The molecule has 2 N–H and O–H groups in total. The van der Waals surface area contributed by atoms with Crippen molar-refractivity contribution >= 4 is 27.0 Å². The molecule has 0 radical (unpaired) electrons. The molecule has 4 saturated carbocycles. The Kier molecular flexibility index (Phi) is 8.99. The first-order valence-electron chi connectivity index (χ1n) is 9.94. The highest BCUT2D eigenvalue weighted by atomic mass is 32.1. The fourth-order valence-corrected chi connectivity index (χ4v) is 5.71. The SMILES string of the molecule is CC1CCCC(NCCNCC2CCC3C[C@@H]2C3(C)C)C1C.S.S. The highest BCUT2D eigenvalue weighted by Gasteiger charge is 2.53. The molecule has 0 spiro atoms.